The van der Waals surface area contributed by atoms with Crippen LogP contribution in [0.3, 0.4) is 0 Å². The molecule has 1 rings (SSSR count). The van der Waals surface area contributed by atoms with Gasteiger partial charge in [0.2, 0.25) is 5.91 Å². The number of carbonyl (C=O) groups is 1. The largest absolute Gasteiger partial charge is 0.355 e. The molecule has 0 saturated heterocycles. The Hall–Kier alpha value is -0.220. The molecule has 3 N–H and O–H groups in total. The summed E-state index contributed by atoms with van der Waals surface area (Å²) in [6, 6.07) is 0. The molecule has 1 aliphatic carbocycles. The molecule has 100 valence electrons. The van der Waals surface area contributed by atoms with E-state index in [1.54, 1.807) is 0 Å². The number of nitrogens with two attached hydrogens (primary N) is 1. The molecular weight excluding hydrogens is 232 g/mol. The van der Waals surface area contributed by atoms with Crippen molar-refractivity contribution in [2.45, 2.75) is 51.0 Å². The van der Waals surface area contributed by atoms with Crippen LogP contribution in [-0.4, -0.2) is 30.0 Å². The SMILES string of the molecule is CSCCCCCCNC(=O)C(C)(N)C1CC1. The lowest BCUT2D eigenvalue weighted by Gasteiger charge is -2.23. The molecule has 17 heavy (non-hydrogen) atoms. The zero-order valence-corrected chi connectivity index (χ0v) is 11.9. The van der Waals surface area contributed by atoms with Gasteiger partial charge in [0.1, 0.15) is 0 Å². The summed E-state index contributed by atoms with van der Waals surface area (Å²) in [4.78, 5) is 11.8. The van der Waals surface area contributed by atoms with Gasteiger partial charge in [-0.05, 0) is 50.5 Å². The van der Waals surface area contributed by atoms with Crippen molar-refractivity contribution in [3.63, 3.8) is 0 Å². The van der Waals surface area contributed by atoms with Crippen LogP contribution in [0.4, 0.5) is 0 Å². The highest BCUT2D eigenvalue weighted by Crippen LogP contribution is 2.38. The van der Waals surface area contributed by atoms with Crippen LogP contribution in [0, 0.1) is 5.92 Å². The van der Waals surface area contributed by atoms with Crippen molar-refractivity contribution in [2.75, 3.05) is 18.6 Å². The Morgan fingerprint density at radius 2 is 2.00 bits per heavy atom. The first-order valence-electron chi connectivity index (χ1n) is 6.65. The van der Waals surface area contributed by atoms with Gasteiger partial charge in [-0.3, -0.25) is 4.79 Å². The van der Waals surface area contributed by atoms with Gasteiger partial charge in [-0.1, -0.05) is 12.8 Å². The van der Waals surface area contributed by atoms with Gasteiger partial charge in [-0.25, -0.2) is 0 Å². The van der Waals surface area contributed by atoms with Crippen LogP contribution in [-0.2, 0) is 4.79 Å². The number of hydrogen-bond acceptors (Lipinski definition) is 3. The Bertz CT molecular complexity index is 240. The van der Waals surface area contributed by atoms with E-state index in [-0.39, 0.29) is 5.91 Å². The summed E-state index contributed by atoms with van der Waals surface area (Å²) in [6.45, 7) is 2.64. The Labute approximate surface area is 109 Å². The summed E-state index contributed by atoms with van der Waals surface area (Å²) in [7, 11) is 0. The molecule has 1 atom stereocenters. The third-order valence-corrected chi connectivity index (χ3v) is 4.17. The number of carbonyl (C=O) groups excluding carboxylic acids is 1. The highest BCUT2D eigenvalue weighted by atomic mass is 32.2. The molecule has 0 aromatic carbocycles. The van der Waals surface area contributed by atoms with Crippen molar-refractivity contribution in [3.8, 4) is 0 Å². The molecule has 0 aromatic heterocycles. The van der Waals surface area contributed by atoms with Gasteiger partial charge in [-0.2, -0.15) is 11.8 Å². The van der Waals surface area contributed by atoms with Gasteiger partial charge in [-0.15, -0.1) is 0 Å². The summed E-state index contributed by atoms with van der Waals surface area (Å²) in [5.74, 6) is 1.68. The molecule has 1 saturated carbocycles. The quantitative estimate of drug-likeness (QED) is 0.623. The van der Waals surface area contributed by atoms with Crippen molar-refractivity contribution in [2.24, 2.45) is 11.7 Å². The average Bonchev–Trinajstić information content (AvgIpc) is 3.11. The second kappa shape index (κ2) is 7.27. The highest BCUT2D eigenvalue weighted by Gasteiger charge is 2.43. The lowest BCUT2D eigenvalue weighted by Crippen LogP contribution is -2.53. The Kier molecular flexibility index (Phi) is 6.34. The van der Waals surface area contributed by atoms with Crippen LogP contribution < -0.4 is 11.1 Å². The molecule has 0 bridgehead atoms. The summed E-state index contributed by atoms with van der Waals surface area (Å²) < 4.78 is 0. The van der Waals surface area contributed by atoms with Crippen molar-refractivity contribution in [1.82, 2.24) is 5.32 Å². The molecule has 4 heteroatoms. The fraction of sp³-hybridized carbons (Fsp3) is 0.923. The van der Waals surface area contributed by atoms with E-state index < -0.39 is 5.54 Å². The highest BCUT2D eigenvalue weighted by molar-refractivity contribution is 7.98. The molecule has 0 radical (unpaired) electrons. The van der Waals surface area contributed by atoms with E-state index in [1.165, 1.54) is 25.0 Å². The molecule has 3 nitrogen and oxygen atoms in total. The summed E-state index contributed by atoms with van der Waals surface area (Å²) >= 11 is 1.90. The fourth-order valence-corrected chi connectivity index (χ4v) is 2.48. The average molecular weight is 258 g/mol. The van der Waals surface area contributed by atoms with Gasteiger partial charge in [0.25, 0.3) is 0 Å². The fourth-order valence-electron chi connectivity index (χ4n) is 1.99. The molecule has 1 amide bonds. The maximum absolute atomic E-state index is 11.8. The Morgan fingerprint density at radius 1 is 1.35 bits per heavy atom. The summed E-state index contributed by atoms with van der Waals surface area (Å²) in [5, 5.41) is 2.97. The predicted molar refractivity (Wildman–Crippen MR) is 75.2 cm³/mol. The third-order valence-electron chi connectivity index (χ3n) is 3.48. The van der Waals surface area contributed by atoms with E-state index in [9.17, 15) is 4.79 Å². The van der Waals surface area contributed by atoms with E-state index in [2.05, 4.69) is 11.6 Å². The van der Waals surface area contributed by atoms with E-state index in [0.29, 0.717) is 5.92 Å². The zero-order chi connectivity index (χ0) is 12.7. The van der Waals surface area contributed by atoms with Gasteiger partial charge in [0, 0.05) is 6.54 Å². The van der Waals surface area contributed by atoms with Gasteiger partial charge in [0.05, 0.1) is 5.54 Å². The number of hydrogen-bond donors (Lipinski definition) is 2. The van der Waals surface area contributed by atoms with Gasteiger partial charge >= 0.3 is 0 Å². The standard InChI is InChI=1S/C13H26N2OS/c1-13(14,11-7-8-11)12(16)15-9-5-3-4-6-10-17-2/h11H,3-10,14H2,1-2H3,(H,15,16). The van der Waals surface area contributed by atoms with Crippen LogP contribution >= 0.6 is 11.8 Å². The number of unbranched alkanes of at least 4 members (excludes halogenated alkanes) is 3. The number of thioether (sulfide) groups is 1. The molecule has 1 unspecified atom stereocenters. The molecular formula is C13H26N2OS. The summed E-state index contributed by atoms with van der Waals surface area (Å²) in [5.41, 5.74) is 5.39. The minimum atomic E-state index is -0.640. The maximum Gasteiger partial charge on any atom is 0.240 e. The van der Waals surface area contributed by atoms with Gasteiger partial charge < -0.3 is 11.1 Å². The first-order chi connectivity index (χ1) is 8.09. The first kappa shape index (κ1) is 14.8. The van der Waals surface area contributed by atoms with Crippen molar-refractivity contribution in [3.05, 3.63) is 0 Å². The van der Waals surface area contributed by atoms with Crippen LogP contribution in [0.2, 0.25) is 0 Å². The van der Waals surface area contributed by atoms with Crippen molar-refractivity contribution < 1.29 is 4.79 Å². The lowest BCUT2D eigenvalue weighted by atomic mass is 9.96. The minimum absolute atomic E-state index is 0.0316. The second-order valence-electron chi connectivity index (χ2n) is 5.22. The molecule has 0 aliphatic heterocycles. The van der Waals surface area contributed by atoms with E-state index >= 15 is 0 Å². The first-order valence-corrected chi connectivity index (χ1v) is 8.04. The monoisotopic (exact) mass is 258 g/mol. The lowest BCUT2D eigenvalue weighted by molar-refractivity contribution is -0.126. The predicted octanol–water partition coefficient (Wildman–Crippen LogP) is 2.15. The van der Waals surface area contributed by atoms with Crippen LogP contribution in [0.1, 0.15) is 45.4 Å². The Balaban J connectivity index is 2.00. The molecule has 1 aliphatic rings. The summed E-state index contributed by atoms with van der Waals surface area (Å²) in [6.07, 6.45) is 9.17. The van der Waals surface area contributed by atoms with E-state index in [1.807, 2.05) is 18.7 Å². The van der Waals surface area contributed by atoms with E-state index in [0.717, 1.165) is 25.8 Å². The van der Waals surface area contributed by atoms with Crippen LogP contribution in [0.15, 0.2) is 0 Å². The normalized spacial score (nSPS) is 18.8. The van der Waals surface area contributed by atoms with E-state index in [4.69, 9.17) is 5.73 Å². The molecule has 0 spiro atoms. The molecule has 0 heterocycles. The molecule has 1 fully saturated rings. The maximum atomic E-state index is 11.8. The molecule has 0 aromatic rings. The van der Waals surface area contributed by atoms with Crippen LogP contribution in [0.5, 0.6) is 0 Å². The topological polar surface area (TPSA) is 55.1 Å². The second-order valence-corrected chi connectivity index (χ2v) is 6.21. The Morgan fingerprint density at radius 3 is 2.59 bits per heavy atom. The number of amides is 1. The number of rotatable bonds is 9. The van der Waals surface area contributed by atoms with Crippen molar-refractivity contribution in [1.29, 1.82) is 0 Å². The van der Waals surface area contributed by atoms with Crippen LogP contribution in [0.25, 0.3) is 0 Å². The smallest absolute Gasteiger partial charge is 0.240 e. The third kappa shape index (κ3) is 5.30. The van der Waals surface area contributed by atoms with Crippen molar-refractivity contribution >= 4 is 17.7 Å². The van der Waals surface area contributed by atoms with Gasteiger partial charge in [0.15, 0.2) is 0 Å². The zero-order valence-electron chi connectivity index (χ0n) is 11.1. The number of nitrogens with one attached hydrogen (secondary N) is 1. The minimum Gasteiger partial charge on any atom is -0.355 e.